The van der Waals surface area contributed by atoms with Crippen LogP contribution in [0.3, 0.4) is 0 Å². The molecule has 0 bridgehead atoms. The molecule has 7 heteroatoms. The zero-order valence-electron chi connectivity index (χ0n) is 15.0. The third kappa shape index (κ3) is 5.03. The summed E-state index contributed by atoms with van der Waals surface area (Å²) in [5.41, 5.74) is 1.35. The summed E-state index contributed by atoms with van der Waals surface area (Å²) in [5.74, 6) is 0.978. The molecule has 2 amide bonds. The summed E-state index contributed by atoms with van der Waals surface area (Å²) in [6.07, 6.45) is 2.47. The van der Waals surface area contributed by atoms with Crippen molar-refractivity contribution in [2.24, 2.45) is 5.41 Å². The highest BCUT2D eigenvalue weighted by molar-refractivity contribution is 5.89. The number of urea groups is 1. The number of hydrogen-bond acceptors (Lipinski definition) is 5. The summed E-state index contributed by atoms with van der Waals surface area (Å²) in [7, 11) is 0. The molecule has 3 N–H and O–H groups in total. The van der Waals surface area contributed by atoms with Gasteiger partial charge in [0.25, 0.3) is 0 Å². The van der Waals surface area contributed by atoms with E-state index in [2.05, 4.69) is 34.6 Å². The largest absolute Gasteiger partial charge is 0.396 e. The highest BCUT2D eigenvalue weighted by Gasteiger charge is 2.26. The second-order valence-corrected chi connectivity index (χ2v) is 6.21. The van der Waals surface area contributed by atoms with Gasteiger partial charge in [-0.05, 0) is 36.8 Å². The van der Waals surface area contributed by atoms with Gasteiger partial charge in [-0.2, -0.15) is 4.98 Å². The van der Waals surface area contributed by atoms with Crippen LogP contribution in [-0.2, 0) is 0 Å². The number of aryl methyl sites for hydroxylation is 1. The summed E-state index contributed by atoms with van der Waals surface area (Å²) in [4.78, 5) is 16.4. The standard InChI is InChI=1S/C18H26N4O3/c1-4-18(5-2,9-10-23)12-19-17(24)21-15-8-6-7-14(11-15)16-20-13(3)25-22-16/h6-8,11,23H,4-5,9-10,12H2,1-3H3,(H2,19,21,24). The lowest BCUT2D eigenvalue weighted by Gasteiger charge is -2.31. The van der Waals surface area contributed by atoms with E-state index >= 15 is 0 Å². The fraction of sp³-hybridized carbons (Fsp3) is 0.500. The second kappa shape index (κ2) is 8.62. The first-order chi connectivity index (χ1) is 12.0. The third-order valence-corrected chi connectivity index (χ3v) is 4.67. The average Bonchev–Trinajstić information content (AvgIpc) is 3.05. The molecule has 136 valence electrons. The predicted molar refractivity (Wildman–Crippen MR) is 96.2 cm³/mol. The molecule has 0 fully saturated rings. The summed E-state index contributed by atoms with van der Waals surface area (Å²) < 4.78 is 4.98. The summed E-state index contributed by atoms with van der Waals surface area (Å²) in [5, 5.41) is 18.9. The minimum absolute atomic E-state index is 0.0733. The molecule has 0 aliphatic heterocycles. The van der Waals surface area contributed by atoms with Crippen LogP contribution in [0.15, 0.2) is 28.8 Å². The van der Waals surface area contributed by atoms with E-state index in [1.54, 1.807) is 19.1 Å². The number of carbonyl (C=O) groups excluding carboxylic acids is 1. The van der Waals surface area contributed by atoms with Crippen molar-refractivity contribution in [3.8, 4) is 11.4 Å². The van der Waals surface area contributed by atoms with Crippen molar-refractivity contribution in [1.29, 1.82) is 0 Å². The van der Waals surface area contributed by atoms with Gasteiger partial charge in [0.15, 0.2) is 0 Å². The SMILES string of the molecule is CCC(CC)(CCO)CNC(=O)Nc1cccc(-c2noc(C)n2)c1. The van der Waals surface area contributed by atoms with E-state index in [-0.39, 0.29) is 18.1 Å². The molecule has 1 heterocycles. The summed E-state index contributed by atoms with van der Waals surface area (Å²) >= 11 is 0. The maximum atomic E-state index is 12.2. The number of aliphatic hydroxyl groups excluding tert-OH is 1. The van der Waals surface area contributed by atoms with Crippen LogP contribution in [0.2, 0.25) is 0 Å². The van der Waals surface area contributed by atoms with E-state index in [1.807, 2.05) is 12.1 Å². The van der Waals surface area contributed by atoms with Gasteiger partial charge in [-0.25, -0.2) is 4.79 Å². The van der Waals surface area contributed by atoms with E-state index in [0.717, 1.165) is 18.4 Å². The molecular weight excluding hydrogens is 320 g/mol. The van der Waals surface area contributed by atoms with Gasteiger partial charge in [0.2, 0.25) is 11.7 Å². The first-order valence-corrected chi connectivity index (χ1v) is 8.58. The minimum Gasteiger partial charge on any atom is -0.396 e. The highest BCUT2D eigenvalue weighted by atomic mass is 16.5. The van der Waals surface area contributed by atoms with Crippen molar-refractivity contribution < 1.29 is 14.4 Å². The van der Waals surface area contributed by atoms with Gasteiger partial charge in [0.05, 0.1) is 0 Å². The Balaban J connectivity index is 1.99. The van der Waals surface area contributed by atoms with Crippen LogP contribution >= 0.6 is 0 Å². The smallest absolute Gasteiger partial charge is 0.319 e. The highest BCUT2D eigenvalue weighted by Crippen LogP contribution is 2.29. The number of rotatable bonds is 8. The molecule has 0 saturated heterocycles. The van der Waals surface area contributed by atoms with Crippen LogP contribution < -0.4 is 10.6 Å². The Bertz CT molecular complexity index is 695. The number of nitrogens with one attached hydrogen (secondary N) is 2. The van der Waals surface area contributed by atoms with Gasteiger partial charge in [-0.1, -0.05) is 31.1 Å². The zero-order chi connectivity index (χ0) is 18.3. The fourth-order valence-electron chi connectivity index (χ4n) is 2.77. The van der Waals surface area contributed by atoms with Crippen molar-refractivity contribution in [3.63, 3.8) is 0 Å². The molecule has 0 aliphatic rings. The van der Waals surface area contributed by atoms with Gasteiger partial charge in [-0.15, -0.1) is 0 Å². The normalized spacial score (nSPS) is 11.4. The maximum Gasteiger partial charge on any atom is 0.319 e. The quantitative estimate of drug-likeness (QED) is 0.680. The molecule has 0 atom stereocenters. The Labute approximate surface area is 147 Å². The number of carbonyl (C=O) groups is 1. The fourth-order valence-corrected chi connectivity index (χ4v) is 2.77. The Morgan fingerprint density at radius 2 is 2.08 bits per heavy atom. The van der Waals surface area contributed by atoms with Crippen LogP contribution in [0.5, 0.6) is 0 Å². The van der Waals surface area contributed by atoms with Crippen molar-refractivity contribution >= 4 is 11.7 Å². The molecule has 0 spiro atoms. The molecule has 2 aromatic rings. The van der Waals surface area contributed by atoms with Gasteiger partial charge in [0, 0.05) is 31.3 Å². The van der Waals surface area contributed by atoms with E-state index in [9.17, 15) is 9.90 Å². The Kier molecular flexibility index (Phi) is 6.52. The van der Waals surface area contributed by atoms with E-state index in [0.29, 0.717) is 30.4 Å². The molecule has 25 heavy (non-hydrogen) atoms. The van der Waals surface area contributed by atoms with Gasteiger partial charge >= 0.3 is 6.03 Å². The average molecular weight is 346 g/mol. The number of nitrogens with zero attached hydrogens (tertiary/aromatic N) is 2. The maximum absolute atomic E-state index is 12.2. The predicted octanol–water partition coefficient (Wildman–Crippen LogP) is 3.36. The van der Waals surface area contributed by atoms with Crippen LogP contribution in [-0.4, -0.2) is 34.4 Å². The molecule has 1 aromatic heterocycles. The molecule has 2 rings (SSSR count). The molecule has 1 aromatic carbocycles. The lowest BCUT2D eigenvalue weighted by Crippen LogP contribution is -2.39. The lowest BCUT2D eigenvalue weighted by molar-refractivity contribution is 0.165. The number of hydrogen-bond donors (Lipinski definition) is 3. The van der Waals surface area contributed by atoms with Crippen LogP contribution in [0.1, 0.15) is 39.0 Å². The van der Waals surface area contributed by atoms with Crippen molar-refractivity contribution in [3.05, 3.63) is 30.2 Å². The number of benzene rings is 1. The topological polar surface area (TPSA) is 100 Å². The van der Waals surface area contributed by atoms with Crippen molar-refractivity contribution in [1.82, 2.24) is 15.5 Å². The first-order valence-electron chi connectivity index (χ1n) is 8.58. The van der Waals surface area contributed by atoms with E-state index < -0.39 is 0 Å². The van der Waals surface area contributed by atoms with Gasteiger partial charge < -0.3 is 20.3 Å². The molecule has 0 saturated carbocycles. The van der Waals surface area contributed by atoms with Crippen molar-refractivity contribution in [2.75, 3.05) is 18.5 Å². The van der Waals surface area contributed by atoms with Crippen LogP contribution in [0.25, 0.3) is 11.4 Å². The van der Waals surface area contributed by atoms with Crippen LogP contribution in [0, 0.1) is 12.3 Å². The Morgan fingerprint density at radius 1 is 1.32 bits per heavy atom. The number of anilines is 1. The molecule has 0 radical (unpaired) electrons. The van der Waals surface area contributed by atoms with E-state index in [4.69, 9.17) is 4.52 Å². The monoisotopic (exact) mass is 346 g/mol. The summed E-state index contributed by atoms with van der Waals surface area (Å²) in [6.45, 7) is 6.53. The minimum atomic E-state index is -0.273. The van der Waals surface area contributed by atoms with E-state index in [1.165, 1.54) is 0 Å². The molecule has 7 nitrogen and oxygen atoms in total. The number of aliphatic hydroxyl groups is 1. The Morgan fingerprint density at radius 3 is 2.68 bits per heavy atom. The molecule has 0 aliphatic carbocycles. The van der Waals surface area contributed by atoms with Gasteiger partial charge in [0.1, 0.15) is 0 Å². The zero-order valence-corrected chi connectivity index (χ0v) is 15.0. The molecular formula is C18H26N4O3. The molecule has 0 unspecified atom stereocenters. The number of aromatic nitrogens is 2. The van der Waals surface area contributed by atoms with Crippen LogP contribution in [0.4, 0.5) is 10.5 Å². The first kappa shape index (κ1) is 18.9. The Hall–Kier alpha value is -2.41. The third-order valence-electron chi connectivity index (χ3n) is 4.67. The lowest BCUT2D eigenvalue weighted by atomic mass is 9.79. The second-order valence-electron chi connectivity index (χ2n) is 6.21. The van der Waals surface area contributed by atoms with Gasteiger partial charge in [-0.3, -0.25) is 0 Å². The van der Waals surface area contributed by atoms with Crippen molar-refractivity contribution in [2.45, 2.75) is 40.0 Å². The summed E-state index contributed by atoms with van der Waals surface area (Å²) in [6, 6.07) is 7.00. The number of amides is 2.